The topological polar surface area (TPSA) is 58.6 Å². The fraction of sp³-hybridized carbons (Fsp3) is 0.130. The van der Waals surface area contributed by atoms with Crippen LogP contribution in [0.5, 0.6) is 5.75 Å². The first-order chi connectivity index (χ1) is 13.5. The third-order valence-corrected chi connectivity index (χ3v) is 4.33. The molecule has 142 valence electrons. The molecule has 0 saturated heterocycles. The summed E-state index contributed by atoms with van der Waals surface area (Å²) >= 11 is 0. The van der Waals surface area contributed by atoms with Gasteiger partial charge in [0, 0.05) is 25.3 Å². The monoisotopic (exact) mass is 374 g/mol. The van der Waals surface area contributed by atoms with E-state index in [1.165, 1.54) is 11.8 Å². The fourth-order valence-electron chi connectivity index (χ4n) is 2.69. The number of carbonyl (C=O) groups excluding carboxylic acids is 2. The maximum absolute atomic E-state index is 12.8. The Balaban J connectivity index is 1.74. The molecule has 2 amide bonds. The molecule has 0 aliphatic rings. The third kappa shape index (κ3) is 4.76. The van der Waals surface area contributed by atoms with Gasteiger partial charge in [-0.05, 0) is 35.9 Å². The number of rotatable bonds is 6. The van der Waals surface area contributed by atoms with Crippen LogP contribution in [0.1, 0.15) is 22.8 Å². The first kappa shape index (κ1) is 19.2. The Kier molecular flexibility index (Phi) is 6.07. The number of para-hydroxylation sites is 1. The van der Waals surface area contributed by atoms with Gasteiger partial charge in [-0.1, -0.05) is 48.5 Å². The molecule has 5 heteroatoms. The average molecular weight is 374 g/mol. The average Bonchev–Trinajstić information content (AvgIpc) is 2.72. The van der Waals surface area contributed by atoms with Crippen molar-refractivity contribution in [1.29, 1.82) is 0 Å². The van der Waals surface area contributed by atoms with E-state index in [1.807, 2.05) is 42.5 Å². The van der Waals surface area contributed by atoms with Crippen LogP contribution in [0.25, 0.3) is 0 Å². The van der Waals surface area contributed by atoms with Gasteiger partial charge >= 0.3 is 0 Å². The molecule has 0 heterocycles. The van der Waals surface area contributed by atoms with Gasteiger partial charge in [-0.15, -0.1) is 0 Å². The van der Waals surface area contributed by atoms with Crippen molar-refractivity contribution in [3.05, 3.63) is 90.0 Å². The van der Waals surface area contributed by atoms with E-state index in [-0.39, 0.29) is 11.8 Å². The number of nitrogens with one attached hydrogen (secondary N) is 1. The normalized spacial score (nSPS) is 10.2. The summed E-state index contributed by atoms with van der Waals surface area (Å²) in [5, 5.41) is 2.87. The molecule has 0 saturated carbocycles. The molecule has 3 aromatic rings. The largest absolute Gasteiger partial charge is 0.488 e. The van der Waals surface area contributed by atoms with Gasteiger partial charge in [0.25, 0.3) is 5.91 Å². The van der Waals surface area contributed by atoms with E-state index in [1.54, 1.807) is 43.4 Å². The lowest BCUT2D eigenvalue weighted by atomic mass is 10.1. The summed E-state index contributed by atoms with van der Waals surface area (Å²) < 4.78 is 5.86. The van der Waals surface area contributed by atoms with Gasteiger partial charge in [-0.3, -0.25) is 9.59 Å². The van der Waals surface area contributed by atoms with Crippen LogP contribution >= 0.6 is 0 Å². The molecular formula is C23H22N2O3. The van der Waals surface area contributed by atoms with Crippen molar-refractivity contribution < 1.29 is 14.3 Å². The van der Waals surface area contributed by atoms with Crippen molar-refractivity contribution in [1.82, 2.24) is 0 Å². The predicted octanol–water partition coefficient (Wildman–Crippen LogP) is 4.50. The van der Waals surface area contributed by atoms with Crippen molar-refractivity contribution in [2.24, 2.45) is 0 Å². The first-order valence-corrected chi connectivity index (χ1v) is 8.96. The van der Waals surface area contributed by atoms with Crippen LogP contribution in [0, 0.1) is 0 Å². The molecule has 1 N–H and O–H groups in total. The summed E-state index contributed by atoms with van der Waals surface area (Å²) in [5.74, 6) is 0.162. The Morgan fingerprint density at radius 3 is 2.39 bits per heavy atom. The summed E-state index contributed by atoms with van der Waals surface area (Å²) in [4.78, 5) is 25.9. The number of amides is 2. The molecule has 0 aliphatic heterocycles. The zero-order chi connectivity index (χ0) is 19.9. The van der Waals surface area contributed by atoms with E-state index in [0.29, 0.717) is 29.3 Å². The molecule has 3 aromatic carbocycles. The highest BCUT2D eigenvalue weighted by molar-refractivity contribution is 6.06. The fourth-order valence-corrected chi connectivity index (χ4v) is 2.69. The number of hydrogen-bond donors (Lipinski definition) is 1. The highest BCUT2D eigenvalue weighted by atomic mass is 16.5. The van der Waals surface area contributed by atoms with Crippen LogP contribution in [-0.4, -0.2) is 18.9 Å². The van der Waals surface area contributed by atoms with Gasteiger partial charge in [0.2, 0.25) is 5.91 Å². The van der Waals surface area contributed by atoms with E-state index in [0.717, 1.165) is 5.56 Å². The molecule has 5 nitrogen and oxygen atoms in total. The van der Waals surface area contributed by atoms with Crippen molar-refractivity contribution in [2.75, 3.05) is 17.3 Å². The van der Waals surface area contributed by atoms with Crippen LogP contribution < -0.4 is 15.0 Å². The van der Waals surface area contributed by atoms with Crippen molar-refractivity contribution in [3.63, 3.8) is 0 Å². The Morgan fingerprint density at radius 2 is 1.64 bits per heavy atom. The highest BCUT2D eigenvalue weighted by Crippen LogP contribution is 2.23. The Hall–Kier alpha value is -3.60. The van der Waals surface area contributed by atoms with Crippen molar-refractivity contribution in [3.8, 4) is 5.75 Å². The maximum atomic E-state index is 12.8. The highest BCUT2D eigenvalue weighted by Gasteiger charge is 2.13. The van der Waals surface area contributed by atoms with Gasteiger partial charge in [-0.25, -0.2) is 0 Å². The standard InChI is InChI=1S/C23H22N2O3/c1-17(26)25(2)20-12-8-11-19(15-20)24-23(27)21-13-6-7-14-22(21)28-16-18-9-4-3-5-10-18/h3-15H,16H2,1-2H3,(H,24,27). The number of nitrogens with zero attached hydrogens (tertiary/aromatic N) is 1. The lowest BCUT2D eigenvalue weighted by molar-refractivity contribution is -0.116. The van der Waals surface area contributed by atoms with Crippen LogP contribution in [0.3, 0.4) is 0 Å². The van der Waals surface area contributed by atoms with E-state index < -0.39 is 0 Å². The second kappa shape index (κ2) is 8.86. The SMILES string of the molecule is CC(=O)N(C)c1cccc(NC(=O)c2ccccc2OCc2ccccc2)c1. The van der Waals surface area contributed by atoms with Crippen LogP contribution in [0.2, 0.25) is 0 Å². The molecule has 0 aliphatic carbocycles. The second-order valence-corrected chi connectivity index (χ2v) is 6.35. The molecule has 28 heavy (non-hydrogen) atoms. The van der Waals surface area contributed by atoms with Crippen LogP contribution in [0.4, 0.5) is 11.4 Å². The first-order valence-electron chi connectivity index (χ1n) is 8.96. The van der Waals surface area contributed by atoms with Gasteiger partial charge in [-0.2, -0.15) is 0 Å². The number of carbonyl (C=O) groups is 2. The summed E-state index contributed by atoms with van der Waals surface area (Å²) in [6.45, 7) is 1.87. The number of ether oxygens (including phenoxy) is 1. The minimum absolute atomic E-state index is 0.0804. The van der Waals surface area contributed by atoms with Crippen molar-refractivity contribution in [2.45, 2.75) is 13.5 Å². The number of hydrogen-bond acceptors (Lipinski definition) is 3. The molecule has 0 atom stereocenters. The predicted molar refractivity (Wildman–Crippen MR) is 111 cm³/mol. The zero-order valence-electron chi connectivity index (χ0n) is 15.9. The molecule has 0 fully saturated rings. The van der Waals surface area contributed by atoms with E-state index in [4.69, 9.17) is 4.74 Å². The zero-order valence-corrected chi connectivity index (χ0v) is 15.9. The Bertz CT molecular complexity index is 970. The van der Waals surface area contributed by atoms with Gasteiger partial charge in [0.1, 0.15) is 12.4 Å². The van der Waals surface area contributed by atoms with E-state index >= 15 is 0 Å². The minimum atomic E-state index is -0.272. The molecule has 0 spiro atoms. The molecule has 0 radical (unpaired) electrons. The van der Waals surface area contributed by atoms with E-state index in [2.05, 4.69) is 5.32 Å². The lowest BCUT2D eigenvalue weighted by Crippen LogP contribution is -2.23. The number of benzene rings is 3. The molecular weight excluding hydrogens is 352 g/mol. The molecule has 0 unspecified atom stereocenters. The van der Waals surface area contributed by atoms with Gasteiger partial charge < -0.3 is 15.0 Å². The summed E-state index contributed by atoms with van der Waals surface area (Å²) in [6, 6.07) is 24.1. The minimum Gasteiger partial charge on any atom is -0.488 e. The summed E-state index contributed by atoms with van der Waals surface area (Å²) in [6.07, 6.45) is 0. The van der Waals surface area contributed by atoms with E-state index in [9.17, 15) is 9.59 Å². The quantitative estimate of drug-likeness (QED) is 0.691. The van der Waals surface area contributed by atoms with Gasteiger partial charge in [0.05, 0.1) is 5.56 Å². The maximum Gasteiger partial charge on any atom is 0.259 e. The lowest BCUT2D eigenvalue weighted by Gasteiger charge is -2.16. The summed E-state index contributed by atoms with van der Waals surface area (Å²) in [7, 11) is 1.69. The summed E-state index contributed by atoms with van der Waals surface area (Å²) in [5.41, 5.74) is 2.79. The van der Waals surface area contributed by atoms with Crippen molar-refractivity contribution >= 4 is 23.2 Å². The molecule has 0 bridgehead atoms. The molecule has 0 aromatic heterocycles. The smallest absolute Gasteiger partial charge is 0.259 e. The number of anilines is 2. The Morgan fingerprint density at radius 1 is 0.929 bits per heavy atom. The van der Waals surface area contributed by atoms with Crippen LogP contribution in [-0.2, 0) is 11.4 Å². The van der Waals surface area contributed by atoms with Gasteiger partial charge in [0.15, 0.2) is 0 Å². The second-order valence-electron chi connectivity index (χ2n) is 6.35. The Labute approximate surface area is 164 Å². The molecule has 3 rings (SSSR count). The van der Waals surface area contributed by atoms with Crippen LogP contribution in [0.15, 0.2) is 78.9 Å². The third-order valence-electron chi connectivity index (χ3n) is 4.33.